The number of aliphatic hydroxyl groups is 1. The molecule has 0 aliphatic heterocycles. The molecule has 1 fully saturated rings. The summed E-state index contributed by atoms with van der Waals surface area (Å²) in [5.41, 5.74) is -0.217. The lowest BCUT2D eigenvalue weighted by molar-refractivity contribution is -0.0206. The van der Waals surface area contributed by atoms with E-state index in [2.05, 4.69) is 17.6 Å². The molecule has 4 nitrogen and oxygen atoms in total. The fourth-order valence-corrected chi connectivity index (χ4v) is 3.58. The standard InChI is InChI=1S/C14H19ClN2O2S/c1-2-20-12-7-8-14(12,19)9-16-13(18)17-11-6-4-3-5-10(11)15/h3-6,12,19H,2,7-9H2,1H3,(H2,16,17,18)/t12-,14+/m0/s1. The summed E-state index contributed by atoms with van der Waals surface area (Å²) in [4.78, 5) is 11.8. The van der Waals surface area contributed by atoms with Crippen LogP contribution < -0.4 is 10.6 Å². The summed E-state index contributed by atoms with van der Waals surface area (Å²) < 4.78 is 0. The van der Waals surface area contributed by atoms with Crippen LogP contribution in [0.1, 0.15) is 19.8 Å². The van der Waals surface area contributed by atoms with Gasteiger partial charge in [-0.1, -0.05) is 30.7 Å². The zero-order valence-electron chi connectivity index (χ0n) is 11.4. The Morgan fingerprint density at radius 1 is 1.55 bits per heavy atom. The third kappa shape index (κ3) is 3.59. The maximum atomic E-state index is 11.8. The lowest BCUT2D eigenvalue weighted by atomic mass is 9.79. The molecule has 0 bridgehead atoms. The van der Waals surface area contributed by atoms with Gasteiger partial charge in [0.25, 0.3) is 0 Å². The van der Waals surface area contributed by atoms with Gasteiger partial charge < -0.3 is 15.7 Å². The van der Waals surface area contributed by atoms with Gasteiger partial charge in [0, 0.05) is 11.8 Å². The van der Waals surface area contributed by atoms with Crippen LogP contribution in [0.3, 0.4) is 0 Å². The van der Waals surface area contributed by atoms with Gasteiger partial charge in [0.2, 0.25) is 0 Å². The molecule has 20 heavy (non-hydrogen) atoms. The molecule has 1 saturated carbocycles. The Bertz CT molecular complexity index is 486. The first kappa shape index (κ1) is 15.5. The van der Waals surface area contributed by atoms with Crippen LogP contribution in [0.15, 0.2) is 24.3 Å². The molecular formula is C14H19ClN2O2S. The van der Waals surface area contributed by atoms with Gasteiger partial charge in [-0.3, -0.25) is 0 Å². The summed E-state index contributed by atoms with van der Waals surface area (Å²) in [6.45, 7) is 2.34. The van der Waals surface area contributed by atoms with Crippen molar-refractivity contribution in [2.24, 2.45) is 0 Å². The summed E-state index contributed by atoms with van der Waals surface area (Å²) in [7, 11) is 0. The minimum absolute atomic E-state index is 0.216. The van der Waals surface area contributed by atoms with Gasteiger partial charge in [0.15, 0.2) is 0 Å². The molecule has 0 radical (unpaired) electrons. The molecule has 1 aromatic rings. The van der Waals surface area contributed by atoms with Gasteiger partial charge >= 0.3 is 6.03 Å². The first-order valence-electron chi connectivity index (χ1n) is 6.68. The van der Waals surface area contributed by atoms with Gasteiger partial charge in [-0.2, -0.15) is 11.8 Å². The summed E-state index contributed by atoms with van der Waals surface area (Å²) in [5, 5.41) is 16.5. The molecule has 1 aliphatic rings. The van der Waals surface area contributed by atoms with Crippen molar-refractivity contribution in [3.63, 3.8) is 0 Å². The fraction of sp³-hybridized carbons (Fsp3) is 0.500. The van der Waals surface area contributed by atoms with E-state index >= 15 is 0 Å². The second kappa shape index (κ2) is 6.70. The van der Waals surface area contributed by atoms with E-state index < -0.39 is 5.60 Å². The Morgan fingerprint density at radius 3 is 2.90 bits per heavy atom. The Balaban J connectivity index is 1.82. The number of hydrogen-bond donors (Lipinski definition) is 3. The summed E-state index contributed by atoms with van der Waals surface area (Å²) >= 11 is 7.71. The van der Waals surface area contributed by atoms with Crippen molar-refractivity contribution in [2.75, 3.05) is 17.6 Å². The maximum absolute atomic E-state index is 11.8. The molecule has 0 spiro atoms. The molecule has 2 rings (SSSR count). The monoisotopic (exact) mass is 314 g/mol. The number of nitrogens with one attached hydrogen (secondary N) is 2. The van der Waals surface area contributed by atoms with E-state index in [1.807, 2.05) is 0 Å². The van der Waals surface area contributed by atoms with E-state index in [9.17, 15) is 9.90 Å². The number of amides is 2. The fourth-order valence-electron chi connectivity index (χ4n) is 2.20. The molecule has 3 N–H and O–H groups in total. The highest BCUT2D eigenvalue weighted by molar-refractivity contribution is 8.00. The number of thioether (sulfide) groups is 1. The third-order valence-electron chi connectivity index (χ3n) is 3.48. The first-order chi connectivity index (χ1) is 9.55. The van der Waals surface area contributed by atoms with Crippen molar-refractivity contribution in [3.05, 3.63) is 29.3 Å². The SMILES string of the molecule is CCS[C@H]1CC[C@@]1(O)CNC(=O)Nc1ccccc1Cl. The van der Waals surface area contributed by atoms with Crippen LogP contribution in [-0.2, 0) is 0 Å². The van der Waals surface area contributed by atoms with E-state index in [4.69, 9.17) is 11.6 Å². The van der Waals surface area contributed by atoms with Crippen LogP contribution in [0.2, 0.25) is 5.02 Å². The number of halogens is 1. The van der Waals surface area contributed by atoms with Crippen molar-refractivity contribution in [1.29, 1.82) is 0 Å². The average molecular weight is 315 g/mol. The predicted molar refractivity (Wildman–Crippen MR) is 84.6 cm³/mol. The van der Waals surface area contributed by atoms with Crippen molar-refractivity contribution in [2.45, 2.75) is 30.6 Å². The van der Waals surface area contributed by atoms with E-state index in [0.717, 1.165) is 18.6 Å². The van der Waals surface area contributed by atoms with Crippen molar-refractivity contribution >= 4 is 35.1 Å². The molecule has 0 aromatic heterocycles. The molecule has 0 unspecified atom stereocenters. The second-order valence-corrected chi connectivity index (χ2v) is 6.76. The average Bonchev–Trinajstić information content (AvgIpc) is 2.43. The van der Waals surface area contributed by atoms with E-state index in [0.29, 0.717) is 10.7 Å². The normalized spacial score (nSPS) is 24.9. The Labute approximate surface area is 128 Å². The summed E-state index contributed by atoms with van der Waals surface area (Å²) in [6.07, 6.45) is 1.74. The minimum atomic E-state index is -0.779. The van der Waals surface area contributed by atoms with Crippen molar-refractivity contribution in [3.8, 4) is 0 Å². The molecular weight excluding hydrogens is 296 g/mol. The maximum Gasteiger partial charge on any atom is 0.319 e. The Morgan fingerprint density at radius 2 is 2.30 bits per heavy atom. The number of carbonyl (C=O) groups is 1. The zero-order valence-corrected chi connectivity index (χ0v) is 12.9. The number of rotatable bonds is 5. The number of hydrogen-bond acceptors (Lipinski definition) is 3. The number of benzene rings is 1. The lowest BCUT2D eigenvalue weighted by Gasteiger charge is -2.44. The summed E-state index contributed by atoms with van der Waals surface area (Å²) in [5.74, 6) is 0.971. The highest BCUT2D eigenvalue weighted by Gasteiger charge is 2.45. The smallest absolute Gasteiger partial charge is 0.319 e. The van der Waals surface area contributed by atoms with Gasteiger partial charge in [-0.25, -0.2) is 4.79 Å². The summed E-state index contributed by atoms with van der Waals surface area (Å²) in [6, 6.07) is 6.70. The Hall–Kier alpha value is -0.910. The highest BCUT2D eigenvalue weighted by atomic mass is 35.5. The molecule has 6 heteroatoms. The predicted octanol–water partition coefficient (Wildman–Crippen LogP) is 3.11. The van der Waals surface area contributed by atoms with Crippen LogP contribution in [0.25, 0.3) is 0 Å². The molecule has 0 saturated heterocycles. The lowest BCUT2D eigenvalue weighted by Crippen LogP contribution is -2.57. The van der Waals surface area contributed by atoms with E-state index in [1.54, 1.807) is 36.0 Å². The number of para-hydroxylation sites is 1. The first-order valence-corrected chi connectivity index (χ1v) is 8.11. The molecule has 2 amide bonds. The number of carbonyl (C=O) groups excluding carboxylic acids is 1. The molecule has 0 heterocycles. The van der Waals surface area contributed by atoms with E-state index in [-0.39, 0.29) is 17.8 Å². The topological polar surface area (TPSA) is 61.4 Å². The molecule has 110 valence electrons. The van der Waals surface area contributed by atoms with E-state index in [1.165, 1.54) is 0 Å². The second-order valence-electron chi connectivity index (χ2n) is 4.87. The molecule has 1 aliphatic carbocycles. The van der Waals surface area contributed by atoms with Crippen molar-refractivity contribution in [1.82, 2.24) is 5.32 Å². The third-order valence-corrected chi connectivity index (χ3v) is 5.22. The molecule has 1 aromatic carbocycles. The highest BCUT2D eigenvalue weighted by Crippen LogP contribution is 2.40. The Kier molecular flexibility index (Phi) is 5.18. The van der Waals surface area contributed by atoms with Crippen LogP contribution in [-0.4, -0.2) is 34.3 Å². The van der Waals surface area contributed by atoms with Gasteiger partial charge in [0.1, 0.15) is 0 Å². The molecule has 2 atom stereocenters. The van der Waals surface area contributed by atoms with Crippen LogP contribution in [0.5, 0.6) is 0 Å². The van der Waals surface area contributed by atoms with Gasteiger partial charge in [-0.15, -0.1) is 0 Å². The van der Waals surface area contributed by atoms with Crippen LogP contribution >= 0.6 is 23.4 Å². The number of anilines is 1. The van der Waals surface area contributed by atoms with Crippen LogP contribution in [0.4, 0.5) is 10.5 Å². The van der Waals surface area contributed by atoms with Crippen LogP contribution in [0, 0.1) is 0 Å². The van der Waals surface area contributed by atoms with Gasteiger partial charge in [-0.05, 0) is 30.7 Å². The minimum Gasteiger partial charge on any atom is -0.387 e. The largest absolute Gasteiger partial charge is 0.387 e. The zero-order chi connectivity index (χ0) is 14.6. The number of urea groups is 1. The quantitative estimate of drug-likeness (QED) is 0.782. The van der Waals surface area contributed by atoms with Gasteiger partial charge in [0.05, 0.1) is 16.3 Å². The van der Waals surface area contributed by atoms with Crippen molar-refractivity contribution < 1.29 is 9.90 Å².